The number of imide groups is 1. The number of carbonyl (C=O) groups is 2. The molecule has 0 aromatic carbocycles. The number of carbonyl (C=O) groups excluding carboxylic acids is 2. The largest absolute Gasteiger partial charge is 0.284 e. The second-order valence-corrected chi connectivity index (χ2v) is 6.36. The van der Waals surface area contributed by atoms with E-state index in [1.807, 2.05) is 0 Å². The number of nitrogens with zero attached hydrogens (tertiary/aromatic N) is 4. The zero-order chi connectivity index (χ0) is 14.4. The average molecular weight is 352 g/mol. The molecule has 104 valence electrons. The summed E-state index contributed by atoms with van der Waals surface area (Å²) < 4.78 is 27.5. The number of amides is 2. The van der Waals surface area contributed by atoms with Crippen molar-refractivity contribution in [1.82, 2.24) is 24.6 Å². The number of hydrogen-bond donors (Lipinski definition) is 1. The lowest BCUT2D eigenvalue weighted by Gasteiger charge is -2.11. The van der Waals surface area contributed by atoms with E-state index in [1.165, 1.54) is 14.1 Å². The van der Waals surface area contributed by atoms with E-state index in [-0.39, 0.29) is 16.0 Å². The van der Waals surface area contributed by atoms with Crippen molar-refractivity contribution in [2.45, 2.75) is 17.5 Å². The van der Waals surface area contributed by atoms with Crippen molar-refractivity contribution in [1.29, 1.82) is 0 Å². The van der Waals surface area contributed by atoms with Crippen LogP contribution in [0.5, 0.6) is 0 Å². The van der Waals surface area contributed by atoms with Gasteiger partial charge in [-0.1, -0.05) is 5.21 Å². The predicted molar refractivity (Wildman–Crippen MR) is 65.2 cm³/mol. The molecule has 1 fully saturated rings. The van der Waals surface area contributed by atoms with Crippen molar-refractivity contribution in [3.8, 4) is 0 Å². The van der Waals surface area contributed by atoms with E-state index in [0.29, 0.717) is 0 Å². The first-order chi connectivity index (χ1) is 8.74. The third kappa shape index (κ3) is 2.40. The van der Waals surface area contributed by atoms with E-state index in [0.717, 1.165) is 9.58 Å². The number of sulfonamides is 1. The summed E-state index contributed by atoms with van der Waals surface area (Å²) in [5.74, 6) is -1.01. The lowest BCUT2D eigenvalue weighted by molar-refractivity contribution is -0.137. The summed E-state index contributed by atoms with van der Waals surface area (Å²) in [6.07, 6.45) is -0.197. The van der Waals surface area contributed by atoms with E-state index in [2.05, 4.69) is 31.0 Å². The average Bonchev–Trinajstić information content (AvgIpc) is 2.75. The van der Waals surface area contributed by atoms with Crippen LogP contribution in [0.15, 0.2) is 9.63 Å². The molecule has 0 spiro atoms. The maximum Gasteiger partial charge on any atom is 0.261 e. The van der Waals surface area contributed by atoms with Gasteiger partial charge < -0.3 is 0 Å². The molecule has 1 aromatic heterocycles. The molecule has 1 saturated heterocycles. The van der Waals surface area contributed by atoms with Crippen molar-refractivity contribution in [3.63, 3.8) is 0 Å². The van der Waals surface area contributed by atoms with Crippen molar-refractivity contribution < 1.29 is 18.0 Å². The van der Waals surface area contributed by atoms with Gasteiger partial charge in [0, 0.05) is 14.1 Å². The first kappa shape index (κ1) is 14.1. The highest BCUT2D eigenvalue weighted by atomic mass is 79.9. The Labute approximate surface area is 117 Å². The second kappa shape index (κ2) is 4.65. The molecule has 2 rings (SSSR count). The Morgan fingerprint density at radius 1 is 1.37 bits per heavy atom. The first-order valence-corrected chi connectivity index (χ1v) is 7.39. The zero-order valence-electron chi connectivity index (χ0n) is 9.99. The number of rotatable bonds is 3. The van der Waals surface area contributed by atoms with Crippen molar-refractivity contribution >= 4 is 37.8 Å². The SMILES string of the molecule is CN1C(=O)CC(NS(=O)(=O)c2c(Br)nnn2C)C1=O. The molecule has 19 heavy (non-hydrogen) atoms. The van der Waals surface area contributed by atoms with Crippen LogP contribution in [0.4, 0.5) is 0 Å². The Morgan fingerprint density at radius 3 is 2.42 bits per heavy atom. The lowest BCUT2D eigenvalue weighted by Crippen LogP contribution is -2.41. The number of aromatic nitrogens is 3. The topological polar surface area (TPSA) is 114 Å². The first-order valence-electron chi connectivity index (χ1n) is 5.12. The minimum Gasteiger partial charge on any atom is -0.284 e. The van der Waals surface area contributed by atoms with Crippen LogP contribution in [0.2, 0.25) is 0 Å². The molecule has 11 heteroatoms. The van der Waals surface area contributed by atoms with Crippen LogP contribution in [0.1, 0.15) is 6.42 Å². The van der Waals surface area contributed by atoms with E-state index < -0.39 is 27.9 Å². The highest BCUT2D eigenvalue weighted by molar-refractivity contribution is 9.10. The molecule has 1 unspecified atom stereocenters. The predicted octanol–water partition coefficient (Wildman–Crippen LogP) is -1.39. The summed E-state index contributed by atoms with van der Waals surface area (Å²) in [4.78, 5) is 23.9. The second-order valence-electron chi connectivity index (χ2n) is 3.98. The Morgan fingerprint density at radius 2 is 2.00 bits per heavy atom. The van der Waals surface area contributed by atoms with Gasteiger partial charge in [0.05, 0.1) is 6.42 Å². The Kier molecular flexibility index (Phi) is 3.45. The molecular formula is C8H10BrN5O4S. The summed E-state index contributed by atoms with van der Waals surface area (Å²) in [7, 11) is -1.29. The Balaban J connectivity index is 2.29. The zero-order valence-corrected chi connectivity index (χ0v) is 12.4. The third-order valence-corrected chi connectivity index (χ3v) is 5.03. The molecule has 1 aliphatic heterocycles. The number of nitrogens with one attached hydrogen (secondary N) is 1. The van der Waals surface area contributed by atoms with E-state index >= 15 is 0 Å². The fourth-order valence-electron chi connectivity index (χ4n) is 1.70. The monoisotopic (exact) mass is 351 g/mol. The van der Waals surface area contributed by atoms with Crippen molar-refractivity contribution in [2.24, 2.45) is 7.05 Å². The highest BCUT2D eigenvalue weighted by Crippen LogP contribution is 2.20. The van der Waals surface area contributed by atoms with Crippen molar-refractivity contribution in [3.05, 3.63) is 4.60 Å². The number of likely N-dealkylation sites (tertiary alicyclic amines) is 1. The fraction of sp³-hybridized carbons (Fsp3) is 0.500. The molecule has 0 aliphatic carbocycles. The minimum atomic E-state index is -4.00. The van der Waals surface area contributed by atoms with Crippen LogP contribution in [-0.2, 0) is 26.7 Å². The molecule has 0 bridgehead atoms. The molecule has 1 aromatic rings. The third-order valence-electron chi connectivity index (χ3n) is 2.67. The standard InChI is InChI=1S/C8H10BrN5O4S/c1-13-5(15)3-4(7(13)16)11-19(17,18)8-6(9)10-12-14(8)2/h4,11H,3H2,1-2H3. The maximum absolute atomic E-state index is 12.1. The van der Waals surface area contributed by atoms with Gasteiger partial charge in [0.1, 0.15) is 6.04 Å². The molecular weight excluding hydrogens is 342 g/mol. The van der Waals surface area contributed by atoms with Gasteiger partial charge in [-0.2, -0.15) is 4.72 Å². The quantitative estimate of drug-likeness (QED) is 0.670. The number of hydrogen-bond acceptors (Lipinski definition) is 6. The number of aryl methyl sites for hydroxylation is 1. The van der Waals surface area contributed by atoms with Crippen LogP contribution in [0.3, 0.4) is 0 Å². The van der Waals surface area contributed by atoms with Crippen LogP contribution >= 0.6 is 15.9 Å². The van der Waals surface area contributed by atoms with Crippen LogP contribution in [-0.4, -0.2) is 53.2 Å². The molecule has 2 amide bonds. The summed E-state index contributed by atoms with van der Waals surface area (Å²) in [5.41, 5.74) is 0. The molecule has 1 N–H and O–H groups in total. The van der Waals surface area contributed by atoms with E-state index in [9.17, 15) is 18.0 Å². The van der Waals surface area contributed by atoms with Gasteiger partial charge in [0.2, 0.25) is 16.8 Å². The van der Waals surface area contributed by atoms with Crippen LogP contribution in [0.25, 0.3) is 0 Å². The van der Waals surface area contributed by atoms with E-state index in [1.54, 1.807) is 0 Å². The molecule has 9 nitrogen and oxygen atoms in total. The van der Waals surface area contributed by atoms with Crippen LogP contribution in [0, 0.1) is 0 Å². The highest BCUT2D eigenvalue weighted by Gasteiger charge is 2.39. The normalized spacial score (nSPS) is 20.4. The van der Waals surface area contributed by atoms with Gasteiger partial charge in [-0.3, -0.25) is 14.5 Å². The summed E-state index contributed by atoms with van der Waals surface area (Å²) in [6, 6.07) is -1.09. The van der Waals surface area contributed by atoms with E-state index in [4.69, 9.17) is 0 Å². The summed E-state index contributed by atoms with van der Waals surface area (Å²) in [6.45, 7) is 0. The lowest BCUT2D eigenvalue weighted by atomic mass is 10.3. The van der Waals surface area contributed by atoms with Gasteiger partial charge in [0.25, 0.3) is 10.0 Å². The minimum absolute atomic E-state index is 0.0348. The smallest absolute Gasteiger partial charge is 0.261 e. The maximum atomic E-state index is 12.1. The van der Waals surface area contributed by atoms with Gasteiger partial charge in [0.15, 0.2) is 4.60 Å². The fourth-order valence-corrected chi connectivity index (χ4v) is 3.98. The Bertz CT molecular complexity index is 635. The number of halogens is 1. The number of likely N-dealkylation sites (N-methyl/N-ethyl adjacent to an activating group) is 1. The molecule has 1 aliphatic rings. The molecule has 0 saturated carbocycles. The molecule has 1 atom stereocenters. The van der Waals surface area contributed by atoms with Crippen molar-refractivity contribution in [2.75, 3.05) is 7.05 Å². The van der Waals surface area contributed by atoms with Gasteiger partial charge in [-0.05, 0) is 15.9 Å². The molecule has 2 heterocycles. The summed E-state index contributed by atoms with van der Waals surface area (Å²) in [5, 5.41) is 6.89. The van der Waals surface area contributed by atoms with Crippen LogP contribution < -0.4 is 4.72 Å². The molecule has 0 radical (unpaired) electrons. The summed E-state index contributed by atoms with van der Waals surface area (Å²) >= 11 is 2.97. The van der Waals surface area contributed by atoms with Gasteiger partial charge in [-0.15, -0.1) is 5.10 Å². The van der Waals surface area contributed by atoms with Gasteiger partial charge in [-0.25, -0.2) is 13.1 Å². The van der Waals surface area contributed by atoms with Gasteiger partial charge >= 0.3 is 0 Å². The Hall–Kier alpha value is -1.33.